The number of hydrogen-bond donors (Lipinski definition) is 1. The molecule has 0 saturated heterocycles. The smallest absolute Gasteiger partial charge is 0.0166 e. The molecule has 0 bridgehead atoms. The minimum Gasteiger partial charge on any atom is -0.325 e. The maximum atomic E-state index is 6.45. The first-order valence-electron chi connectivity index (χ1n) is 7.14. The normalized spacial score (nSPS) is 20.1. The van der Waals surface area contributed by atoms with Crippen LogP contribution in [0.5, 0.6) is 0 Å². The topological polar surface area (TPSA) is 32.5 Å². The largest absolute Gasteiger partial charge is 0.325 e. The number of nitrogens with two attached hydrogens (primary N) is 1. The van der Waals surface area contributed by atoms with Crippen molar-refractivity contribution in [3.05, 3.63) is 0 Å². The van der Waals surface area contributed by atoms with E-state index in [0.29, 0.717) is 0 Å². The molecule has 102 valence electrons. The van der Waals surface area contributed by atoms with E-state index >= 15 is 0 Å². The number of nitrogens with zero attached hydrogens (tertiary/aromatic N) is 2. The van der Waals surface area contributed by atoms with Crippen molar-refractivity contribution in [1.82, 2.24) is 9.80 Å². The lowest BCUT2D eigenvalue weighted by molar-refractivity contribution is 0.224. The van der Waals surface area contributed by atoms with Crippen molar-refractivity contribution in [3.8, 4) is 0 Å². The molecule has 0 aliphatic heterocycles. The van der Waals surface area contributed by atoms with E-state index in [9.17, 15) is 0 Å². The average molecular weight is 241 g/mol. The van der Waals surface area contributed by atoms with Crippen LogP contribution in [0.3, 0.4) is 0 Å². The summed E-state index contributed by atoms with van der Waals surface area (Å²) in [4.78, 5) is 4.69. The van der Waals surface area contributed by atoms with Gasteiger partial charge in [0.1, 0.15) is 0 Å². The highest BCUT2D eigenvalue weighted by molar-refractivity contribution is 4.87. The second-order valence-electron chi connectivity index (χ2n) is 6.13. The fourth-order valence-electron chi connectivity index (χ4n) is 2.69. The van der Waals surface area contributed by atoms with Gasteiger partial charge in [-0.25, -0.2) is 0 Å². The summed E-state index contributed by atoms with van der Waals surface area (Å²) in [6.07, 6.45) is 8.95. The molecule has 3 nitrogen and oxygen atoms in total. The molecule has 0 amide bonds. The van der Waals surface area contributed by atoms with Crippen LogP contribution in [0.25, 0.3) is 0 Å². The van der Waals surface area contributed by atoms with E-state index in [0.717, 1.165) is 6.54 Å². The minimum atomic E-state index is 0.147. The molecule has 1 aliphatic rings. The van der Waals surface area contributed by atoms with Crippen LogP contribution in [-0.2, 0) is 0 Å². The molecule has 1 rings (SSSR count). The van der Waals surface area contributed by atoms with E-state index in [-0.39, 0.29) is 5.54 Å². The Balaban J connectivity index is 2.11. The highest BCUT2D eigenvalue weighted by Gasteiger charge is 2.26. The molecule has 1 aliphatic carbocycles. The van der Waals surface area contributed by atoms with Crippen LogP contribution in [0.4, 0.5) is 0 Å². The first-order chi connectivity index (χ1) is 8.02. The van der Waals surface area contributed by atoms with E-state index in [1.807, 2.05) is 0 Å². The van der Waals surface area contributed by atoms with E-state index in [1.54, 1.807) is 0 Å². The molecule has 0 aromatic heterocycles. The lowest BCUT2D eigenvalue weighted by Crippen LogP contribution is -2.44. The zero-order chi connectivity index (χ0) is 12.7. The van der Waals surface area contributed by atoms with E-state index in [1.165, 1.54) is 58.0 Å². The quantitative estimate of drug-likeness (QED) is 0.739. The Bertz CT molecular complexity index is 198. The molecule has 0 heterocycles. The van der Waals surface area contributed by atoms with Crippen molar-refractivity contribution in [2.45, 2.75) is 50.5 Å². The van der Waals surface area contributed by atoms with Crippen LogP contribution in [0, 0.1) is 0 Å². The van der Waals surface area contributed by atoms with Gasteiger partial charge in [0.2, 0.25) is 0 Å². The Morgan fingerprint density at radius 3 is 2.18 bits per heavy atom. The molecular weight excluding hydrogens is 210 g/mol. The van der Waals surface area contributed by atoms with Crippen molar-refractivity contribution in [1.29, 1.82) is 0 Å². The molecule has 0 aromatic rings. The standard InChI is InChI=1S/C14H31N3/c1-16(2)11-7-12-17(3)13-10-14(15)8-5-4-6-9-14/h4-13,15H2,1-3H3. The predicted octanol–water partition coefficient (Wildman–Crippen LogP) is 1.92. The summed E-state index contributed by atoms with van der Waals surface area (Å²) in [6, 6.07) is 0. The number of hydrogen-bond acceptors (Lipinski definition) is 3. The van der Waals surface area contributed by atoms with Gasteiger partial charge in [-0.05, 0) is 66.5 Å². The highest BCUT2D eigenvalue weighted by atomic mass is 15.1. The summed E-state index contributed by atoms with van der Waals surface area (Å²) in [5.41, 5.74) is 6.60. The Kier molecular flexibility index (Phi) is 6.45. The van der Waals surface area contributed by atoms with E-state index in [4.69, 9.17) is 5.73 Å². The van der Waals surface area contributed by atoms with Gasteiger partial charge in [-0.1, -0.05) is 19.3 Å². The molecule has 1 fully saturated rings. The Hall–Kier alpha value is -0.120. The third-order valence-electron chi connectivity index (χ3n) is 3.99. The van der Waals surface area contributed by atoms with Gasteiger partial charge in [0, 0.05) is 5.54 Å². The minimum absolute atomic E-state index is 0.147. The van der Waals surface area contributed by atoms with Gasteiger partial charge >= 0.3 is 0 Å². The van der Waals surface area contributed by atoms with Crippen LogP contribution >= 0.6 is 0 Å². The Labute approximate surface area is 107 Å². The summed E-state index contributed by atoms with van der Waals surface area (Å²) < 4.78 is 0. The summed E-state index contributed by atoms with van der Waals surface area (Å²) in [7, 11) is 6.50. The Morgan fingerprint density at radius 1 is 0.941 bits per heavy atom. The third kappa shape index (κ3) is 6.39. The second kappa shape index (κ2) is 7.34. The van der Waals surface area contributed by atoms with Crippen LogP contribution in [0.2, 0.25) is 0 Å². The highest BCUT2D eigenvalue weighted by Crippen LogP contribution is 2.28. The maximum Gasteiger partial charge on any atom is 0.0166 e. The monoisotopic (exact) mass is 241 g/mol. The molecule has 0 unspecified atom stereocenters. The first kappa shape index (κ1) is 14.9. The lowest BCUT2D eigenvalue weighted by atomic mass is 9.80. The predicted molar refractivity (Wildman–Crippen MR) is 75.3 cm³/mol. The van der Waals surface area contributed by atoms with Gasteiger partial charge in [0.05, 0.1) is 0 Å². The van der Waals surface area contributed by atoms with Crippen LogP contribution < -0.4 is 5.73 Å². The maximum absolute atomic E-state index is 6.45. The van der Waals surface area contributed by atoms with Crippen molar-refractivity contribution in [3.63, 3.8) is 0 Å². The average Bonchev–Trinajstić information content (AvgIpc) is 2.27. The molecule has 3 heteroatoms. The zero-order valence-corrected chi connectivity index (χ0v) is 12.0. The fourth-order valence-corrected chi connectivity index (χ4v) is 2.69. The molecular formula is C14H31N3. The zero-order valence-electron chi connectivity index (χ0n) is 12.0. The summed E-state index contributed by atoms with van der Waals surface area (Å²) >= 11 is 0. The van der Waals surface area contributed by atoms with Crippen molar-refractivity contribution >= 4 is 0 Å². The Morgan fingerprint density at radius 2 is 1.59 bits per heavy atom. The summed E-state index contributed by atoms with van der Waals surface area (Å²) in [6.45, 7) is 3.52. The van der Waals surface area contributed by atoms with Gasteiger partial charge < -0.3 is 15.5 Å². The van der Waals surface area contributed by atoms with Gasteiger partial charge in [0.15, 0.2) is 0 Å². The fraction of sp³-hybridized carbons (Fsp3) is 1.00. The van der Waals surface area contributed by atoms with Crippen molar-refractivity contribution < 1.29 is 0 Å². The third-order valence-corrected chi connectivity index (χ3v) is 3.99. The first-order valence-corrected chi connectivity index (χ1v) is 7.14. The molecule has 0 aromatic carbocycles. The van der Waals surface area contributed by atoms with Gasteiger partial charge in [-0.3, -0.25) is 0 Å². The second-order valence-corrected chi connectivity index (χ2v) is 6.13. The summed E-state index contributed by atoms with van der Waals surface area (Å²) in [5, 5.41) is 0. The number of rotatable bonds is 7. The van der Waals surface area contributed by atoms with Crippen molar-refractivity contribution in [2.75, 3.05) is 40.8 Å². The summed E-state index contributed by atoms with van der Waals surface area (Å²) in [5.74, 6) is 0. The van der Waals surface area contributed by atoms with E-state index < -0.39 is 0 Å². The van der Waals surface area contributed by atoms with E-state index in [2.05, 4.69) is 30.9 Å². The molecule has 1 saturated carbocycles. The lowest BCUT2D eigenvalue weighted by Gasteiger charge is -2.35. The molecule has 17 heavy (non-hydrogen) atoms. The van der Waals surface area contributed by atoms with Crippen LogP contribution in [0.1, 0.15) is 44.9 Å². The molecule has 0 radical (unpaired) electrons. The van der Waals surface area contributed by atoms with Crippen molar-refractivity contribution in [2.24, 2.45) is 5.73 Å². The molecule has 0 spiro atoms. The molecule has 0 atom stereocenters. The van der Waals surface area contributed by atoms with Crippen LogP contribution in [-0.4, -0.2) is 56.1 Å². The molecule has 2 N–H and O–H groups in total. The van der Waals surface area contributed by atoms with Gasteiger partial charge in [0.25, 0.3) is 0 Å². The van der Waals surface area contributed by atoms with Gasteiger partial charge in [-0.2, -0.15) is 0 Å². The SMILES string of the molecule is CN(C)CCCN(C)CCC1(N)CCCCC1. The van der Waals surface area contributed by atoms with Crippen LogP contribution in [0.15, 0.2) is 0 Å². The van der Waals surface area contributed by atoms with Gasteiger partial charge in [-0.15, -0.1) is 0 Å².